The monoisotopic (exact) mass is 346 g/mol. The average molecular weight is 347 g/mol. The summed E-state index contributed by atoms with van der Waals surface area (Å²) in [5.41, 5.74) is 0. The molecular formula is C13H20Cl2N6O. The van der Waals surface area contributed by atoms with E-state index in [9.17, 15) is 4.79 Å². The van der Waals surface area contributed by atoms with Crippen LogP contribution >= 0.6 is 24.0 Å². The van der Waals surface area contributed by atoms with Crippen molar-refractivity contribution in [2.45, 2.75) is 0 Å². The molecule has 3 rings (SSSR count). The van der Waals surface area contributed by atoms with Gasteiger partial charge in [-0.1, -0.05) is 11.6 Å². The number of anilines is 1. The van der Waals surface area contributed by atoms with Crippen LogP contribution in [0.4, 0.5) is 10.6 Å². The maximum absolute atomic E-state index is 12.4. The van der Waals surface area contributed by atoms with Crippen LogP contribution in [0.15, 0.2) is 12.4 Å². The maximum Gasteiger partial charge on any atom is 0.320 e. The van der Waals surface area contributed by atoms with Crippen molar-refractivity contribution in [3.63, 3.8) is 0 Å². The molecule has 0 spiro atoms. The van der Waals surface area contributed by atoms with Crippen molar-refractivity contribution in [1.82, 2.24) is 25.1 Å². The van der Waals surface area contributed by atoms with Gasteiger partial charge in [0.15, 0.2) is 0 Å². The largest absolute Gasteiger partial charge is 0.353 e. The van der Waals surface area contributed by atoms with Gasteiger partial charge in [-0.3, -0.25) is 0 Å². The molecule has 7 nitrogen and oxygen atoms in total. The average Bonchev–Trinajstić information content (AvgIpc) is 2.55. The summed E-state index contributed by atoms with van der Waals surface area (Å²) in [5.74, 6) is 0.823. The van der Waals surface area contributed by atoms with Crippen LogP contribution in [0.25, 0.3) is 0 Å². The Morgan fingerprint density at radius 1 is 1.05 bits per heavy atom. The van der Waals surface area contributed by atoms with E-state index < -0.39 is 0 Å². The summed E-state index contributed by atoms with van der Waals surface area (Å²) < 4.78 is 0. The normalized spacial score (nSPS) is 18.9. The Morgan fingerprint density at radius 3 is 2.32 bits per heavy atom. The molecule has 3 heterocycles. The highest BCUT2D eigenvalue weighted by Crippen LogP contribution is 2.16. The summed E-state index contributed by atoms with van der Waals surface area (Å²) in [6.45, 7) is 6.31. The number of carbonyl (C=O) groups is 1. The van der Waals surface area contributed by atoms with Crippen molar-refractivity contribution < 1.29 is 4.79 Å². The Labute approximate surface area is 141 Å². The number of urea groups is 1. The minimum atomic E-state index is 0. The number of nitrogens with one attached hydrogen (secondary N) is 1. The molecule has 0 aliphatic carbocycles. The number of hydrogen-bond donors (Lipinski definition) is 1. The van der Waals surface area contributed by atoms with Crippen LogP contribution in [-0.2, 0) is 0 Å². The Bertz CT molecular complexity index is 503. The van der Waals surface area contributed by atoms with Crippen LogP contribution in [0, 0.1) is 0 Å². The highest BCUT2D eigenvalue weighted by molar-refractivity contribution is 6.29. The Morgan fingerprint density at radius 2 is 1.68 bits per heavy atom. The van der Waals surface area contributed by atoms with E-state index in [0.29, 0.717) is 18.2 Å². The van der Waals surface area contributed by atoms with Gasteiger partial charge in [0.1, 0.15) is 17.3 Å². The van der Waals surface area contributed by atoms with Gasteiger partial charge in [-0.25, -0.2) is 14.8 Å². The van der Waals surface area contributed by atoms with E-state index >= 15 is 0 Å². The number of nitrogens with zero attached hydrogens (tertiary/aromatic N) is 5. The third-order valence-electron chi connectivity index (χ3n) is 3.88. The molecule has 2 amide bonds. The van der Waals surface area contributed by atoms with Gasteiger partial charge in [0, 0.05) is 58.4 Å². The van der Waals surface area contributed by atoms with E-state index in [4.69, 9.17) is 11.6 Å². The van der Waals surface area contributed by atoms with Gasteiger partial charge in [0.25, 0.3) is 0 Å². The van der Waals surface area contributed by atoms with Crippen molar-refractivity contribution in [2.75, 3.05) is 57.3 Å². The molecule has 9 heteroatoms. The molecule has 1 N–H and O–H groups in total. The second-order valence-electron chi connectivity index (χ2n) is 5.19. The number of piperazine rings is 2. The fraction of sp³-hybridized carbons (Fsp3) is 0.615. The topological polar surface area (TPSA) is 64.6 Å². The first-order valence-corrected chi connectivity index (χ1v) is 7.59. The molecule has 0 atom stereocenters. The lowest BCUT2D eigenvalue weighted by Crippen LogP contribution is -2.56. The first kappa shape index (κ1) is 17.1. The van der Waals surface area contributed by atoms with Crippen molar-refractivity contribution in [2.24, 2.45) is 0 Å². The Hall–Kier alpha value is -1.31. The van der Waals surface area contributed by atoms with Crippen molar-refractivity contribution in [3.05, 3.63) is 17.5 Å². The predicted octanol–water partition coefficient (Wildman–Crippen LogP) is 0.699. The van der Waals surface area contributed by atoms with E-state index in [1.165, 1.54) is 6.33 Å². The van der Waals surface area contributed by atoms with Crippen LogP contribution in [0.5, 0.6) is 0 Å². The fourth-order valence-corrected chi connectivity index (χ4v) is 2.82. The fourth-order valence-electron chi connectivity index (χ4n) is 2.68. The van der Waals surface area contributed by atoms with Gasteiger partial charge in [0.05, 0.1) is 0 Å². The van der Waals surface area contributed by atoms with Gasteiger partial charge in [-0.15, -0.1) is 12.4 Å². The van der Waals surface area contributed by atoms with Crippen molar-refractivity contribution >= 4 is 35.9 Å². The van der Waals surface area contributed by atoms with E-state index in [1.807, 2.05) is 9.80 Å². The number of rotatable bonds is 1. The molecule has 2 aliphatic heterocycles. The van der Waals surface area contributed by atoms with Gasteiger partial charge in [0.2, 0.25) is 0 Å². The lowest BCUT2D eigenvalue weighted by molar-refractivity contribution is 0.144. The predicted molar refractivity (Wildman–Crippen MR) is 87.9 cm³/mol. The molecule has 0 saturated carbocycles. The zero-order valence-corrected chi connectivity index (χ0v) is 13.8. The first-order chi connectivity index (χ1) is 10.2. The molecule has 1 aromatic heterocycles. The first-order valence-electron chi connectivity index (χ1n) is 7.21. The number of halogens is 2. The zero-order chi connectivity index (χ0) is 14.7. The minimum Gasteiger partial charge on any atom is -0.353 e. The lowest BCUT2D eigenvalue weighted by Gasteiger charge is -2.39. The van der Waals surface area contributed by atoms with Crippen LogP contribution in [0.1, 0.15) is 0 Å². The van der Waals surface area contributed by atoms with E-state index in [1.54, 1.807) is 6.07 Å². The standard InChI is InChI=1S/C13H19ClN6O.ClH/c14-11-9-12(17-10-16-11)18-5-7-20(8-6-18)13(21)19-3-1-15-2-4-19;/h9-10,15H,1-8H2;1H. The molecule has 0 aromatic carbocycles. The third kappa shape index (κ3) is 3.91. The van der Waals surface area contributed by atoms with Crippen LogP contribution in [0.2, 0.25) is 5.15 Å². The second kappa shape index (κ2) is 7.80. The zero-order valence-electron chi connectivity index (χ0n) is 12.2. The van der Waals surface area contributed by atoms with Crippen LogP contribution in [0.3, 0.4) is 0 Å². The molecule has 22 heavy (non-hydrogen) atoms. The van der Waals surface area contributed by atoms with Crippen molar-refractivity contribution in [3.8, 4) is 0 Å². The van der Waals surface area contributed by atoms with Crippen LogP contribution < -0.4 is 10.2 Å². The molecule has 2 saturated heterocycles. The molecule has 0 radical (unpaired) electrons. The smallest absolute Gasteiger partial charge is 0.320 e. The molecule has 0 unspecified atom stereocenters. The van der Waals surface area contributed by atoms with E-state index in [-0.39, 0.29) is 18.4 Å². The summed E-state index contributed by atoms with van der Waals surface area (Å²) in [5, 5.41) is 3.70. The van der Waals surface area contributed by atoms with Crippen molar-refractivity contribution in [1.29, 1.82) is 0 Å². The summed E-state index contributed by atoms with van der Waals surface area (Å²) in [6, 6.07) is 1.91. The summed E-state index contributed by atoms with van der Waals surface area (Å²) in [7, 11) is 0. The molecular weight excluding hydrogens is 327 g/mol. The Kier molecular flexibility index (Phi) is 6.05. The minimum absolute atomic E-state index is 0. The van der Waals surface area contributed by atoms with E-state index in [0.717, 1.165) is 45.1 Å². The molecule has 1 aromatic rings. The van der Waals surface area contributed by atoms with Gasteiger partial charge in [-0.2, -0.15) is 0 Å². The highest BCUT2D eigenvalue weighted by Gasteiger charge is 2.26. The molecule has 2 fully saturated rings. The molecule has 0 bridgehead atoms. The van der Waals surface area contributed by atoms with Gasteiger partial charge >= 0.3 is 6.03 Å². The highest BCUT2D eigenvalue weighted by atomic mass is 35.5. The summed E-state index contributed by atoms with van der Waals surface area (Å²) >= 11 is 5.89. The van der Waals surface area contributed by atoms with E-state index in [2.05, 4.69) is 20.2 Å². The third-order valence-corrected chi connectivity index (χ3v) is 4.09. The van der Waals surface area contributed by atoms with Gasteiger partial charge < -0.3 is 20.0 Å². The number of aromatic nitrogens is 2. The summed E-state index contributed by atoms with van der Waals surface area (Å²) in [4.78, 5) is 26.5. The number of carbonyl (C=O) groups excluding carboxylic acids is 1. The Balaban J connectivity index is 0.00000176. The maximum atomic E-state index is 12.4. The SMILES string of the molecule is Cl.O=C(N1CCNCC1)N1CCN(c2cc(Cl)ncn2)CC1. The second-order valence-corrected chi connectivity index (χ2v) is 5.58. The lowest BCUT2D eigenvalue weighted by atomic mass is 10.3. The molecule has 122 valence electrons. The number of amides is 2. The number of hydrogen-bond acceptors (Lipinski definition) is 5. The quantitative estimate of drug-likeness (QED) is 0.758. The molecule has 2 aliphatic rings. The van der Waals surface area contributed by atoms with Crippen LogP contribution in [-0.4, -0.2) is 78.2 Å². The van der Waals surface area contributed by atoms with Gasteiger partial charge in [-0.05, 0) is 0 Å². The summed E-state index contributed by atoms with van der Waals surface area (Å²) in [6.07, 6.45) is 1.47.